The maximum atomic E-state index is 12.9. The summed E-state index contributed by atoms with van der Waals surface area (Å²) in [6.45, 7) is 6.68. The van der Waals surface area contributed by atoms with Gasteiger partial charge in [-0.2, -0.15) is 0 Å². The van der Waals surface area contributed by atoms with E-state index in [0.29, 0.717) is 19.3 Å². The summed E-state index contributed by atoms with van der Waals surface area (Å²) >= 11 is 0. The van der Waals surface area contributed by atoms with Crippen molar-refractivity contribution in [3.8, 4) is 0 Å². The van der Waals surface area contributed by atoms with Gasteiger partial charge in [0.1, 0.15) is 13.2 Å². The molecule has 0 saturated carbocycles. The van der Waals surface area contributed by atoms with Crippen molar-refractivity contribution in [3.63, 3.8) is 0 Å². The Hall–Kier alpha value is -1.85. The molecule has 0 spiro atoms. The molecule has 0 aliphatic carbocycles. The standard InChI is InChI=1S/C61H116O6/c1-4-7-10-13-16-19-22-25-27-29-30-31-33-34-36-39-42-45-48-51-54-60(63)66-57-58(56-65-59(62)53-50-47-44-41-38-24-21-18-15-12-9-6-3)67-61(64)55-52-49-46-43-40-37-35-32-28-26-23-20-17-14-11-8-5-2/h18,21,58H,4-17,19-20,22-57H2,1-3H3/b21-18-. The third-order valence-electron chi connectivity index (χ3n) is 13.8. The Balaban J connectivity index is 4.26. The van der Waals surface area contributed by atoms with Crippen LogP contribution in [0.5, 0.6) is 0 Å². The van der Waals surface area contributed by atoms with E-state index in [9.17, 15) is 14.4 Å². The molecule has 0 saturated heterocycles. The largest absolute Gasteiger partial charge is 0.462 e. The Kier molecular flexibility index (Phi) is 55.2. The van der Waals surface area contributed by atoms with E-state index < -0.39 is 6.10 Å². The minimum atomic E-state index is -0.767. The van der Waals surface area contributed by atoms with Gasteiger partial charge in [-0.25, -0.2) is 0 Å². The maximum Gasteiger partial charge on any atom is 0.306 e. The third-order valence-corrected chi connectivity index (χ3v) is 13.8. The normalized spacial score (nSPS) is 12.0. The number of ether oxygens (including phenoxy) is 3. The second-order valence-corrected chi connectivity index (χ2v) is 20.6. The van der Waals surface area contributed by atoms with Gasteiger partial charge in [-0.3, -0.25) is 14.4 Å². The summed E-state index contributed by atoms with van der Waals surface area (Å²) in [4.78, 5) is 38.2. The van der Waals surface area contributed by atoms with Crippen LogP contribution in [0.15, 0.2) is 12.2 Å². The lowest BCUT2D eigenvalue weighted by atomic mass is 10.0. The summed E-state index contributed by atoms with van der Waals surface area (Å²) in [7, 11) is 0. The van der Waals surface area contributed by atoms with E-state index in [1.54, 1.807) is 0 Å². The van der Waals surface area contributed by atoms with E-state index in [1.165, 1.54) is 238 Å². The number of hydrogen-bond donors (Lipinski definition) is 0. The Bertz CT molecular complexity index is 1040. The molecule has 0 N–H and O–H groups in total. The topological polar surface area (TPSA) is 78.9 Å². The van der Waals surface area contributed by atoms with Crippen LogP contribution in [0.2, 0.25) is 0 Å². The molecule has 0 amide bonds. The van der Waals surface area contributed by atoms with Crippen molar-refractivity contribution in [1.82, 2.24) is 0 Å². The second-order valence-electron chi connectivity index (χ2n) is 20.6. The number of esters is 3. The lowest BCUT2D eigenvalue weighted by Gasteiger charge is -2.18. The van der Waals surface area contributed by atoms with Crippen molar-refractivity contribution in [2.45, 2.75) is 348 Å². The summed E-state index contributed by atoms with van der Waals surface area (Å²) in [5.41, 5.74) is 0. The summed E-state index contributed by atoms with van der Waals surface area (Å²) < 4.78 is 16.9. The highest BCUT2D eigenvalue weighted by atomic mass is 16.6. The Morgan fingerprint density at radius 1 is 0.284 bits per heavy atom. The van der Waals surface area contributed by atoms with E-state index >= 15 is 0 Å². The molecule has 0 heterocycles. The van der Waals surface area contributed by atoms with Gasteiger partial charge in [0.2, 0.25) is 0 Å². The lowest BCUT2D eigenvalue weighted by Crippen LogP contribution is -2.30. The molecule has 6 nitrogen and oxygen atoms in total. The zero-order valence-corrected chi connectivity index (χ0v) is 45.5. The molecule has 0 aliphatic rings. The molecule has 0 rings (SSSR count). The van der Waals surface area contributed by atoms with Gasteiger partial charge in [-0.15, -0.1) is 0 Å². The highest BCUT2D eigenvalue weighted by molar-refractivity contribution is 5.71. The van der Waals surface area contributed by atoms with E-state index in [2.05, 4.69) is 32.9 Å². The molecule has 0 aliphatic heterocycles. The van der Waals surface area contributed by atoms with Gasteiger partial charge in [0, 0.05) is 19.3 Å². The quantitative estimate of drug-likeness (QED) is 0.0262. The molecule has 67 heavy (non-hydrogen) atoms. The van der Waals surface area contributed by atoms with Crippen LogP contribution in [0.25, 0.3) is 0 Å². The number of rotatable bonds is 56. The second kappa shape index (κ2) is 56.7. The summed E-state index contributed by atoms with van der Waals surface area (Å²) in [5, 5.41) is 0. The summed E-state index contributed by atoms with van der Waals surface area (Å²) in [6, 6.07) is 0. The van der Waals surface area contributed by atoms with Crippen molar-refractivity contribution in [3.05, 3.63) is 12.2 Å². The van der Waals surface area contributed by atoms with Crippen molar-refractivity contribution in [2.75, 3.05) is 13.2 Å². The first kappa shape index (κ1) is 65.1. The van der Waals surface area contributed by atoms with Crippen LogP contribution >= 0.6 is 0 Å². The van der Waals surface area contributed by atoms with Crippen LogP contribution in [0.3, 0.4) is 0 Å². The smallest absolute Gasteiger partial charge is 0.306 e. The number of carbonyl (C=O) groups excluding carboxylic acids is 3. The van der Waals surface area contributed by atoms with Crippen molar-refractivity contribution >= 4 is 17.9 Å². The molecule has 6 heteroatoms. The predicted octanol–water partition coefficient (Wildman–Crippen LogP) is 20.1. The third kappa shape index (κ3) is 55.0. The van der Waals surface area contributed by atoms with Crippen molar-refractivity contribution in [2.24, 2.45) is 0 Å². The van der Waals surface area contributed by atoms with Gasteiger partial charge in [0.15, 0.2) is 6.10 Å². The van der Waals surface area contributed by atoms with Crippen molar-refractivity contribution < 1.29 is 28.6 Å². The monoisotopic (exact) mass is 945 g/mol. The highest BCUT2D eigenvalue weighted by Crippen LogP contribution is 2.18. The van der Waals surface area contributed by atoms with Gasteiger partial charge in [0.05, 0.1) is 0 Å². The van der Waals surface area contributed by atoms with Gasteiger partial charge in [-0.1, -0.05) is 290 Å². The first-order valence-corrected chi connectivity index (χ1v) is 30.2. The van der Waals surface area contributed by atoms with Crippen LogP contribution in [0.1, 0.15) is 342 Å². The Morgan fingerprint density at radius 3 is 0.776 bits per heavy atom. The zero-order valence-electron chi connectivity index (χ0n) is 45.5. The van der Waals surface area contributed by atoms with Crippen LogP contribution in [-0.2, 0) is 28.6 Å². The fourth-order valence-corrected chi connectivity index (χ4v) is 9.21. The minimum Gasteiger partial charge on any atom is -0.462 e. The average molecular weight is 946 g/mol. The van der Waals surface area contributed by atoms with E-state index in [-0.39, 0.29) is 31.1 Å². The SMILES string of the molecule is CCCCC/C=C\CCCCCCCC(=O)OCC(COC(=O)CCCCCCCCCCCCCCCCCCCCCC)OC(=O)CCCCCCCCCCCCCCCCCCC. The van der Waals surface area contributed by atoms with Crippen LogP contribution in [-0.4, -0.2) is 37.2 Å². The molecule has 0 radical (unpaired) electrons. The van der Waals surface area contributed by atoms with Crippen molar-refractivity contribution in [1.29, 1.82) is 0 Å². The van der Waals surface area contributed by atoms with Gasteiger partial charge >= 0.3 is 17.9 Å². The number of carbonyl (C=O) groups is 3. The first-order valence-electron chi connectivity index (χ1n) is 30.2. The lowest BCUT2D eigenvalue weighted by molar-refractivity contribution is -0.167. The highest BCUT2D eigenvalue weighted by Gasteiger charge is 2.19. The molecule has 0 aromatic rings. The number of allylic oxidation sites excluding steroid dienone is 2. The van der Waals surface area contributed by atoms with Gasteiger partial charge in [-0.05, 0) is 44.9 Å². The van der Waals surface area contributed by atoms with Gasteiger partial charge < -0.3 is 14.2 Å². The molecule has 1 atom stereocenters. The fourth-order valence-electron chi connectivity index (χ4n) is 9.21. The molecular weight excluding hydrogens is 829 g/mol. The minimum absolute atomic E-state index is 0.0663. The summed E-state index contributed by atoms with van der Waals surface area (Å²) in [6.07, 6.45) is 65.0. The van der Waals surface area contributed by atoms with E-state index in [4.69, 9.17) is 14.2 Å². The van der Waals surface area contributed by atoms with E-state index in [0.717, 1.165) is 64.2 Å². The molecule has 1 unspecified atom stereocenters. The first-order chi connectivity index (χ1) is 33.0. The maximum absolute atomic E-state index is 12.9. The predicted molar refractivity (Wildman–Crippen MR) is 289 cm³/mol. The number of hydrogen-bond acceptors (Lipinski definition) is 6. The molecule has 0 fully saturated rings. The Morgan fingerprint density at radius 2 is 0.493 bits per heavy atom. The van der Waals surface area contributed by atoms with Crippen LogP contribution in [0.4, 0.5) is 0 Å². The molecule has 0 aromatic carbocycles. The molecule has 0 aromatic heterocycles. The summed E-state index contributed by atoms with van der Waals surface area (Å²) in [5.74, 6) is -0.849. The fraction of sp³-hybridized carbons (Fsp3) is 0.918. The van der Waals surface area contributed by atoms with E-state index in [1.807, 2.05) is 0 Å². The van der Waals surface area contributed by atoms with Gasteiger partial charge in [0.25, 0.3) is 0 Å². The van der Waals surface area contributed by atoms with Crippen LogP contribution < -0.4 is 0 Å². The molecule has 0 bridgehead atoms. The number of unbranched alkanes of at least 4 members (excludes halogenated alkanes) is 43. The van der Waals surface area contributed by atoms with Crippen LogP contribution in [0, 0.1) is 0 Å². The Labute approximate surface area is 418 Å². The zero-order chi connectivity index (χ0) is 48.6. The average Bonchev–Trinajstić information content (AvgIpc) is 3.33. The molecule has 396 valence electrons. The molecular formula is C61H116O6.